The SMILES string of the molecule is CCCCN(Cc1ccccc1)C(=O)Nc1cccc(C)c1C. The van der Waals surface area contributed by atoms with E-state index in [0.717, 1.165) is 36.2 Å². The van der Waals surface area contributed by atoms with Crippen molar-refractivity contribution in [3.8, 4) is 0 Å². The molecule has 0 bridgehead atoms. The number of amides is 2. The summed E-state index contributed by atoms with van der Waals surface area (Å²) in [5.74, 6) is 0. The molecule has 23 heavy (non-hydrogen) atoms. The molecule has 0 unspecified atom stereocenters. The number of aryl methyl sites for hydroxylation is 1. The molecule has 2 aromatic carbocycles. The molecule has 0 heterocycles. The molecule has 2 aromatic rings. The minimum atomic E-state index is -0.0315. The van der Waals surface area contributed by atoms with Gasteiger partial charge in [-0.15, -0.1) is 0 Å². The molecular formula is C20H26N2O. The molecule has 1 N–H and O–H groups in total. The highest BCUT2D eigenvalue weighted by atomic mass is 16.2. The lowest BCUT2D eigenvalue weighted by Crippen LogP contribution is -2.35. The molecule has 0 aromatic heterocycles. The number of hydrogen-bond donors (Lipinski definition) is 1. The summed E-state index contributed by atoms with van der Waals surface area (Å²) in [5, 5.41) is 3.07. The summed E-state index contributed by atoms with van der Waals surface area (Å²) in [6, 6.07) is 16.1. The summed E-state index contributed by atoms with van der Waals surface area (Å²) < 4.78 is 0. The predicted molar refractivity (Wildman–Crippen MR) is 96.7 cm³/mol. The van der Waals surface area contributed by atoms with Crippen molar-refractivity contribution >= 4 is 11.7 Å². The van der Waals surface area contributed by atoms with E-state index < -0.39 is 0 Å². The number of urea groups is 1. The fourth-order valence-corrected chi connectivity index (χ4v) is 2.49. The Bertz CT molecular complexity index is 637. The van der Waals surface area contributed by atoms with Gasteiger partial charge in [0.2, 0.25) is 0 Å². The second-order valence-corrected chi connectivity index (χ2v) is 5.94. The van der Waals surface area contributed by atoms with Crippen LogP contribution in [0.1, 0.15) is 36.5 Å². The summed E-state index contributed by atoms with van der Waals surface area (Å²) in [5.41, 5.74) is 4.35. The molecule has 3 heteroatoms. The molecule has 0 saturated heterocycles. The van der Waals surface area contributed by atoms with Gasteiger partial charge in [-0.25, -0.2) is 4.79 Å². The molecular weight excluding hydrogens is 284 g/mol. The molecule has 0 aliphatic heterocycles. The van der Waals surface area contributed by atoms with Crippen molar-refractivity contribution in [1.29, 1.82) is 0 Å². The maximum atomic E-state index is 12.7. The van der Waals surface area contributed by atoms with Crippen molar-refractivity contribution in [2.24, 2.45) is 0 Å². The van der Waals surface area contributed by atoms with Crippen LogP contribution in [0.3, 0.4) is 0 Å². The van der Waals surface area contributed by atoms with E-state index in [2.05, 4.69) is 37.4 Å². The van der Waals surface area contributed by atoms with Crippen LogP contribution in [0.5, 0.6) is 0 Å². The molecule has 2 rings (SSSR count). The first kappa shape index (κ1) is 17.1. The van der Waals surface area contributed by atoms with Crippen LogP contribution in [0.25, 0.3) is 0 Å². The minimum Gasteiger partial charge on any atom is -0.320 e. The van der Waals surface area contributed by atoms with Crippen molar-refractivity contribution in [3.05, 3.63) is 65.2 Å². The van der Waals surface area contributed by atoms with Gasteiger partial charge in [0.15, 0.2) is 0 Å². The fourth-order valence-electron chi connectivity index (χ4n) is 2.49. The average molecular weight is 310 g/mol. The Morgan fingerprint density at radius 2 is 1.78 bits per heavy atom. The highest BCUT2D eigenvalue weighted by Crippen LogP contribution is 2.19. The first-order valence-electron chi connectivity index (χ1n) is 8.28. The van der Waals surface area contributed by atoms with Crippen LogP contribution in [0.15, 0.2) is 48.5 Å². The molecule has 0 radical (unpaired) electrons. The molecule has 2 amide bonds. The first-order valence-corrected chi connectivity index (χ1v) is 8.28. The molecule has 0 spiro atoms. The molecule has 0 saturated carbocycles. The molecule has 0 atom stereocenters. The van der Waals surface area contributed by atoms with E-state index in [0.29, 0.717) is 6.54 Å². The highest BCUT2D eigenvalue weighted by Gasteiger charge is 2.14. The van der Waals surface area contributed by atoms with E-state index in [4.69, 9.17) is 0 Å². The monoisotopic (exact) mass is 310 g/mol. The van der Waals surface area contributed by atoms with Gasteiger partial charge in [-0.1, -0.05) is 55.8 Å². The van der Waals surface area contributed by atoms with Crippen molar-refractivity contribution < 1.29 is 4.79 Å². The Morgan fingerprint density at radius 3 is 2.48 bits per heavy atom. The number of unbranched alkanes of at least 4 members (excludes halogenated alkanes) is 1. The van der Waals surface area contributed by atoms with Gasteiger partial charge in [0.25, 0.3) is 0 Å². The van der Waals surface area contributed by atoms with Gasteiger partial charge in [0.1, 0.15) is 0 Å². The Morgan fingerprint density at radius 1 is 1.04 bits per heavy atom. The third-order valence-corrected chi connectivity index (χ3v) is 4.13. The lowest BCUT2D eigenvalue weighted by molar-refractivity contribution is 0.208. The van der Waals surface area contributed by atoms with Crippen LogP contribution in [0.2, 0.25) is 0 Å². The van der Waals surface area contributed by atoms with Crippen LogP contribution in [-0.2, 0) is 6.54 Å². The topological polar surface area (TPSA) is 32.3 Å². The van der Waals surface area contributed by atoms with Crippen LogP contribution in [0.4, 0.5) is 10.5 Å². The second kappa shape index (κ2) is 8.37. The number of rotatable bonds is 6. The summed E-state index contributed by atoms with van der Waals surface area (Å²) in [6.07, 6.45) is 2.08. The number of benzene rings is 2. The molecule has 0 aliphatic rings. The largest absolute Gasteiger partial charge is 0.322 e. The van der Waals surface area contributed by atoms with Gasteiger partial charge >= 0.3 is 6.03 Å². The zero-order chi connectivity index (χ0) is 16.7. The first-order chi connectivity index (χ1) is 11.1. The van der Waals surface area contributed by atoms with E-state index in [1.807, 2.05) is 42.2 Å². The van der Waals surface area contributed by atoms with Crippen LogP contribution >= 0.6 is 0 Å². The van der Waals surface area contributed by atoms with E-state index in [9.17, 15) is 4.79 Å². The standard InChI is InChI=1S/C20H26N2O/c1-4-5-14-22(15-18-11-7-6-8-12-18)20(23)21-19-13-9-10-16(2)17(19)3/h6-13H,4-5,14-15H2,1-3H3,(H,21,23). The second-order valence-electron chi connectivity index (χ2n) is 5.94. The van der Waals surface area contributed by atoms with Crippen molar-refractivity contribution in [3.63, 3.8) is 0 Å². The summed E-state index contributed by atoms with van der Waals surface area (Å²) in [4.78, 5) is 14.6. The molecule has 0 fully saturated rings. The van der Waals surface area contributed by atoms with Gasteiger partial charge < -0.3 is 10.2 Å². The maximum Gasteiger partial charge on any atom is 0.322 e. The highest BCUT2D eigenvalue weighted by molar-refractivity contribution is 5.90. The van der Waals surface area contributed by atoms with Crippen molar-refractivity contribution in [2.45, 2.75) is 40.2 Å². The quantitative estimate of drug-likeness (QED) is 0.787. The Balaban J connectivity index is 2.11. The van der Waals surface area contributed by atoms with E-state index in [1.54, 1.807) is 0 Å². The zero-order valence-electron chi connectivity index (χ0n) is 14.3. The Labute approximate surface area is 139 Å². The van der Waals surface area contributed by atoms with Crippen LogP contribution in [-0.4, -0.2) is 17.5 Å². The normalized spacial score (nSPS) is 10.4. The summed E-state index contributed by atoms with van der Waals surface area (Å²) in [7, 11) is 0. The third-order valence-electron chi connectivity index (χ3n) is 4.13. The van der Waals surface area contributed by atoms with Crippen molar-refractivity contribution in [2.75, 3.05) is 11.9 Å². The van der Waals surface area contributed by atoms with Gasteiger partial charge in [0, 0.05) is 18.8 Å². The van der Waals surface area contributed by atoms with Gasteiger partial charge in [-0.05, 0) is 43.0 Å². The third kappa shape index (κ3) is 4.85. The van der Waals surface area contributed by atoms with Gasteiger partial charge in [0.05, 0.1) is 0 Å². The number of carbonyl (C=O) groups is 1. The van der Waals surface area contributed by atoms with E-state index in [1.165, 1.54) is 5.56 Å². The smallest absolute Gasteiger partial charge is 0.320 e. The van der Waals surface area contributed by atoms with Crippen LogP contribution < -0.4 is 5.32 Å². The molecule has 0 aliphatic carbocycles. The lowest BCUT2D eigenvalue weighted by Gasteiger charge is -2.24. The minimum absolute atomic E-state index is 0.0315. The average Bonchev–Trinajstić information content (AvgIpc) is 2.56. The van der Waals surface area contributed by atoms with Crippen LogP contribution in [0, 0.1) is 13.8 Å². The molecule has 122 valence electrons. The Kier molecular flexibility index (Phi) is 6.21. The number of nitrogens with zero attached hydrogens (tertiary/aromatic N) is 1. The summed E-state index contributed by atoms with van der Waals surface area (Å²) >= 11 is 0. The van der Waals surface area contributed by atoms with E-state index >= 15 is 0 Å². The lowest BCUT2D eigenvalue weighted by atomic mass is 10.1. The van der Waals surface area contributed by atoms with Crippen molar-refractivity contribution in [1.82, 2.24) is 4.90 Å². The number of hydrogen-bond acceptors (Lipinski definition) is 1. The predicted octanol–water partition coefficient (Wildman–Crippen LogP) is 5.14. The zero-order valence-corrected chi connectivity index (χ0v) is 14.3. The van der Waals surface area contributed by atoms with Gasteiger partial charge in [-0.2, -0.15) is 0 Å². The maximum absolute atomic E-state index is 12.7. The summed E-state index contributed by atoms with van der Waals surface area (Å²) in [6.45, 7) is 7.64. The molecule has 3 nitrogen and oxygen atoms in total. The Hall–Kier alpha value is -2.29. The van der Waals surface area contributed by atoms with Gasteiger partial charge in [-0.3, -0.25) is 0 Å². The fraction of sp³-hybridized carbons (Fsp3) is 0.350. The number of anilines is 1. The number of carbonyl (C=O) groups excluding carboxylic acids is 1. The van der Waals surface area contributed by atoms with E-state index in [-0.39, 0.29) is 6.03 Å². The number of nitrogens with one attached hydrogen (secondary N) is 1.